The van der Waals surface area contributed by atoms with Crippen LogP contribution in [0.1, 0.15) is 12.5 Å². The third-order valence-electron chi connectivity index (χ3n) is 2.27. The molecule has 0 saturated heterocycles. The number of nitro benzene ring substituents is 1. The second-order valence-corrected chi connectivity index (χ2v) is 3.48. The van der Waals surface area contributed by atoms with Gasteiger partial charge in [-0.05, 0) is 13.0 Å². The van der Waals surface area contributed by atoms with Gasteiger partial charge < -0.3 is 15.2 Å². The molecule has 0 aliphatic heterocycles. The predicted octanol–water partition coefficient (Wildman–Crippen LogP) is 1.35. The SMILES string of the molecule is COc1cc(CN)c([N+](=O)[O-])cc1OC(C)C#N. The van der Waals surface area contributed by atoms with Gasteiger partial charge in [-0.2, -0.15) is 5.26 Å². The summed E-state index contributed by atoms with van der Waals surface area (Å²) in [5.74, 6) is 0.457. The van der Waals surface area contributed by atoms with Gasteiger partial charge in [0, 0.05) is 12.1 Å². The first kappa shape index (κ1) is 13.7. The maximum absolute atomic E-state index is 10.9. The van der Waals surface area contributed by atoms with Crippen molar-refractivity contribution in [2.24, 2.45) is 5.73 Å². The Bertz CT molecular complexity index is 496. The fourth-order valence-electron chi connectivity index (χ4n) is 1.39. The molecular formula is C11H13N3O4. The standard InChI is InChI=1S/C11H13N3O4/c1-7(5-12)18-11-4-9(14(15)16)8(6-13)3-10(11)17-2/h3-4,7H,6,13H2,1-2H3. The molecule has 1 rings (SSSR count). The molecule has 0 aliphatic carbocycles. The Hall–Kier alpha value is -2.33. The van der Waals surface area contributed by atoms with Crippen LogP contribution in [0.25, 0.3) is 0 Å². The highest BCUT2D eigenvalue weighted by Crippen LogP contribution is 2.35. The summed E-state index contributed by atoms with van der Waals surface area (Å²) in [6, 6.07) is 4.53. The van der Waals surface area contributed by atoms with Gasteiger partial charge >= 0.3 is 0 Å². The minimum atomic E-state index is -0.734. The molecule has 2 N–H and O–H groups in total. The summed E-state index contributed by atoms with van der Waals surface area (Å²) < 4.78 is 10.3. The summed E-state index contributed by atoms with van der Waals surface area (Å²) in [7, 11) is 1.41. The number of rotatable bonds is 5. The van der Waals surface area contributed by atoms with Gasteiger partial charge in [-0.1, -0.05) is 0 Å². The van der Waals surface area contributed by atoms with Gasteiger partial charge in [0.2, 0.25) is 0 Å². The summed E-state index contributed by atoms with van der Waals surface area (Å²) >= 11 is 0. The first-order valence-electron chi connectivity index (χ1n) is 5.15. The average molecular weight is 251 g/mol. The van der Waals surface area contributed by atoms with Crippen LogP contribution < -0.4 is 15.2 Å². The Labute approximate surface area is 104 Å². The first-order chi connectivity index (χ1) is 8.53. The maximum atomic E-state index is 10.9. The van der Waals surface area contributed by atoms with Crippen LogP contribution in [0, 0.1) is 21.4 Å². The highest BCUT2D eigenvalue weighted by atomic mass is 16.6. The minimum Gasteiger partial charge on any atom is -0.493 e. The number of nitrogens with zero attached hydrogens (tertiary/aromatic N) is 2. The van der Waals surface area contributed by atoms with Crippen molar-refractivity contribution < 1.29 is 14.4 Å². The Balaban J connectivity index is 3.28. The molecule has 0 radical (unpaired) electrons. The zero-order valence-electron chi connectivity index (χ0n) is 10.0. The molecule has 0 amide bonds. The van der Waals surface area contributed by atoms with Crippen LogP contribution in [0.4, 0.5) is 5.69 Å². The number of hydrogen-bond donors (Lipinski definition) is 1. The number of nitro groups is 1. The van der Waals surface area contributed by atoms with Crippen molar-refractivity contribution in [3.05, 3.63) is 27.8 Å². The molecule has 0 aliphatic rings. The average Bonchev–Trinajstić information content (AvgIpc) is 2.37. The molecule has 0 aromatic heterocycles. The molecule has 0 fully saturated rings. The van der Waals surface area contributed by atoms with Crippen LogP contribution in [-0.2, 0) is 6.54 Å². The van der Waals surface area contributed by atoms with Gasteiger partial charge in [0.25, 0.3) is 5.69 Å². The summed E-state index contributed by atoms with van der Waals surface area (Å²) in [5, 5.41) is 19.5. The Morgan fingerprint density at radius 3 is 2.67 bits per heavy atom. The third-order valence-corrected chi connectivity index (χ3v) is 2.27. The number of hydrogen-bond acceptors (Lipinski definition) is 6. The van der Waals surface area contributed by atoms with Gasteiger partial charge in [0.05, 0.1) is 18.1 Å². The molecule has 18 heavy (non-hydrogen) atoms. The first-order valence-corrected chi connectivity index (χ1v) is 5.15. The predicted molar refractivity (Wildman–Crippen MR) is 63.2 cm³/mol. The molecule has 7 nitrogen and oxygen atoms in total. The van der Waals surface area contributed by atoms with E-state index in [1.165, 1.54) is 26.2 Å². The second kappa shape index (κ2) is 5.84. The molecule has 0 heterocycles. The molecule has 1 aromatic carbocycles. The van der Waals surface area contributed by atoms with Crippen LogP contribution in [0.2, 0.25) is 0 Å². The lowest BCUT2D eigenvalue weighted by Crippen LogP contribution is -2.10. The largest absolute Gasteiger partial charge is 0.493 e. The van der Waals surface area contributed by atoms with Crippen LogP contribution in [-0.4, -0.2) is 18.1 Å². The lowest BCUT2D eigenvalue weighted by atomic mass is 10.1. The van der Waals surface area contributed by atoms with Crippen molar-refractivity contribution in [1.82, 2.24) is 0 Å². The lowest BCUT2D eigenvalue weighted by Gasteiger charge is -2.13. The van der Waals surface area contributed by atoms with Crippen LogP contribution >= 0.6 is 0 Å². The molecule has 0 bridgehead atoms. The van der Waals surface area contributed by atoms with Crippen molar-refractivity contribution in [2.75, 3.05) is 7.11 Å². The van der Waals surface area contributed by atoms with Gasteiger partial charge in [0.15, 0.2) is 17.6 Å². The third kappa shape index (κ3) is 2.87. The number of nitrogens with two attached hydrogens (primary N) is 1. The van der Waals surface area contributed by atoms with Crippen LogP contribution in [0.3, 0.4) is 0 Å². The van der Waals surface area contributed by atoms with E-state index in [1.807, 2.05) is 6.07 Å². The van der Waals surface area contributed by atoms with Gasteiger partial charge in [-0.15, -0.1) is 0 Å². The molecular weight excluding hydrogens is 238 g/mol. The van der Waals surface area contributed by atoms with E-state index >= 15 is 0 Å². The normalized spacial score (nSPS) is 11.4. The molecule has 0 spiro atoms. The molecule has 0 saturated carbocycles. The fraction of sp³-hybridized carbons (Fsp3) is 0.364. The van der Waals surface area contributed by atoms with Gasteiger partial charge in [-0.3, -0.25) is 10.1 Å². The van der Waals surface area contributed by atoms with Crippen molar-refractivity contribution in [2.45, 2.75) is 19.6 Å². The van der Waals surface area contributed by atoms with Crippen molar-refractivity contribution in [3.8, 4) is 17.6 Å². The van der Waals surface area contributed by atoms with E-state index in [0.29, 0.717) is 11.3 Å². The fourth-order valence-corrected chi connectivity index (χ4v) is 1.39. The number of methoxy groups -OCH3 is 1. The van der Waals surface area contributed by atoms with Crippen LogP contribution in [0.15, 0.2) is 12.1 Å². The van der Waals surface area contributed by atoms with Gasteiger partial charge in [0.1, 0.15) is 6.07 Å². The monoisotopic (exact) mass is 251 g/mol. The van der Waals surface area contributed by atoms with E-state index in [4.69, 9.17) is 20.5 Å². The van der Waals surface area contributed by atoms with E-state index in [2.05, 4.69) is 0 Å². The van der Waals surface area contributed by atoms with E-state index < -0.39 is 11.0 Å². The van der Waals surface area contributed by atoms with Crippen molar-refractivity contribution in [1.29, 1.82) is 5.26 Å². The summed E-state index contributed by atoms with van der Waals surface area (Å²) in [6.07, 6.45) is -0.734. The summed E-state index contributed by atoms with van der Waals surface area (Å²) in [6.45, 7) is 1.54. The maximum Gasteiger partial charge on any atom is 0.277 e. The Morgan fingerprint density at radius 1 is 1.56 bits per heavy atom. The number of ether oxygens (including phenoxy) is 2. The highest BCUT2D eigenvalue weighted by molar-refractivity contribution is 5.54. The topological polar surface area (TPSA) is 111 Å². The second-order valence-electron chi connectivity index (χ2n) is 3.48. The molecule has 1 atom stereocenters. The summed E-state index contributed by atoms with van der Waals surface area (Å²) in [5.41, 5.74) is 5.62. The highest BCUT2D eigenvalue weighted by Gasteiger charge is 2.19. The van der Waals surface area contributed by atoms with Gasteiger partial charge in [-0.25, -0.2) is 0 Å². The summed E-state index contributed by atoms with van der Waals surface area (Å²) in [4.78, 5) is 10.3. The Kier molecular flexibility index (Phi) is 4.45. The molecule has 96 valence electrons. The lowest BCUT2D eigenvalue weighted by molar-refractivity contribution is -0.385. The van der Waals surface area contributed by atoms with Crippen LogP contribution in [0.5, 0.6) is 11.5 Å². The number of benzene rings is 1. The zero-order chi connectivity index (χ0) is 13.7. The van der Waals surface area contributed by atoms with E-state index in [0.717, 1.165) is 0 Å². The van der Waals surface area contributed by atoms with E-state index in [1.54, 1.807) is 0 Å². The smallest absolute Gasteiger partial charge is 0.277 e. The van der Waals surface area contributed by atoms with Crippen molar-refractivity contribution >= 4 is 5.69 Å². The van der Waals surface area contributed by atoms with Crippen molar-refractivity contribution in [3.63, 3.8) is 0 Å². The number of nitriles is 1. The minimum absolute atomic E-state index is 0.0146. The molecule has 1 aromatic rings. The van der Waals surface area contributed by atoms with E-state index in [9.17, 15) is 10.1 Å². The zero-order valence-corrected chi connectivity index (χ0v) is 10.0. The van der Waals surface area contributed by atoms with E-state index in [-0.39, 0.29) is 18.0 Å². The molecule has 1 unspecified atom stereocenters. The Morgan fingerprint density at radius 2 is 2.22 bits per heavy atom. The molecule has 7 heteroatoms. The quantitative estimate of drug-likeness (QED) is 0.624.